The summed E-state index contributed by atoms with van der Waals surface area (Å²) in [6.45, 7) is 11.3. The van der Waals surface area contributed by atoms with Gasteiger partial charge in [-0.2, -0.15) is 0 Å². The standard InChI is InChI=1S/C14H24O3/c1-10(2)7-8-14(5,13(16)17-6)12(15)9-11(3)4/h11H,1,7-9H2,2-6H3. The van der Waals surface area contributed by atoms with Gasteiger partial charge in [-0.15, -0.1) is 6.58 Å². The Labute approximate surface area is 104 Å². The molecule has 0 saturated heterocycles. The van der Waals surface area contributed by atoms with Crippen molar-refractivity contribution in [1.82, 2.24) is 0 Å². The lowest BCUT2D eigenvalue weighted by molar-refractivity contribution is -0.157. The van der Waals surface area contributed by atoms with Crippen LogP contribution in [0.5, 0.6) is 0 Å². The second-order valence-electron chi connectivity index (χ2n) is 5.30. The number of carbonyl (C=O) groups is 2. The lowest BCUT2D eigenvalue weighted by Gasteiger charge is -2.26. The van der Waals surface area contributed by atoms with E-state index in [1.165, 1.54) is 7.11 Å². The highest BCUT2D eigenvalue weighted by atomic mass is 16.5. The van der Waals surface area contributed by atoms with Crippen LogP contribution in [0.4, 0.5) is 0 Å². The Balaban J connectivity index is 4.89. The molecule has 0 amide bonds. The van der Waals surface area contributed by atoms with Gasteiger partial charge in [-0.05, 0) is 32.6 Å². The SMILES string of the molecule is C=C(C)CCC(C)(C(=O)CC(C)C)C(=O)OC. The van der Waals surface area contributed by atoms with E-state index in [9.17, 15) is 9.59 Å². The Hall–Kier alpha value is -1.12. The number of methoxy groups -OCH3 is 1. The van der Waals surface area contributed by atoms with Crippen LogP contribution in [0, 0.1) is 11.3 Å². The van der Waals surface area contributed by atoms with Crippen LogP contribution in [-0.2, 0) is 14.3 Å². The molecule has 0 aromatic heterocycles. The zero-order chi connectivity index (χ0) is 13.6. The summed E-state index contributed by atoms with van der Waals surface area (Å²) >= 11 is 0. The van der Waals surface area contributed by atoms with E-state index in [1.807, 2.05) is 20.8 Å². The van der Waals surface area contributed by atoms with E-state index in [0.29, 0.717) is 19.3 Å². The summed E-state index contributed by atoms with van der Waals surface area (Å²) in [4.78, 5) is 24.0. The van der Waals surface area contributed by atoms with Gasteiger partial charge in [0, 0.05) is 6.42 Å². The van der Waals surface area contributed by atoms with Crippen LogP contribution in [0.2, 0.25) is 0 Å². The second kappa shape index (κ2) is 6.58. The number of esters is 1. The predicted octanol–water partition coefficient (Wildman–Crippen LogP) is 3.14. The number of ketones is 1. The van der Waals surface area contributed by atoms with Crippen molar-refractivity contribution in [3.05, 3.63) is 12.2 Å². The maximum Gasteiger partial charge on any atom is 0.319 e. The van der Waals surface area contributed by atoms with Gasteiger partial charge in [-0.1, -0.05) is 19.4 Å². The summed E-state index contributed by atoms with van der Waals surface area (Å²) in [5.41, 5.74) is -0.0599. The highest BCUT2D eigenvalue weighted by molar-refractivity contribution is 6.03. The van der Waals surface area contributed by atoms with Crippen molar-refractivity contribution in [2.75, 3.05) is 7.11 Å². The zero-order valence-corrected chi connectivity index (χ0v) is 11.6. The van der Waals surface area contributed by atoms with Crippen LogP contribution in [0.25, 0.3) is 0 Å². The highest BCUT2D eigenvalue weighted by Gasteiger charge is 2.41. The molecule has 0 aliphatic rings. The van der Waals surface area contributed by atoms with Crippen LogP contribution in [0.1, 0.15) is 47.0 Å². The topological polar surface area (TPSA) is 43.4 Å². The van der Waals surface area contributed by atoms with E-state index >= 15 is 0 Å². The van der Waals surface area contributed by atoms with Crippen LogP contribution in [0.3, 0.4) is 0 Å². The van der Waals surface area contributed by atoms with Crippen LogP contribution in [-0.4, -0.2) is 18.9 Å². The van der Waals surface area contributed by atoms with Crippen molar-refractivity contribution in [3.8, 4) is 0 Å². The Bertz CT molecular complexity index is 305. The average molecular weight is 240 g/mol. The highest BCUT2D eigenvalue weighted by Crippen LogP contribution is 2.30. The van der Waals surface area contributed by atoms with Gasteiger partial charge in [-0.25, -0.2) is 0 Å². The van der Waals surface area contributed by atoms with E-state index in [1.54, 1.807) is 6.92 Å². The first-order valence-electron chi connectivity index (χ1n) is 6.00. The number of rotatable bonds is 7. The minimum absolute atomic E-state index is 0.0411. The molecule has 3 nitrogen and oxygen atoms in total. The Kier molecular flexibility index (Phi) is 6.14. The van der Waals surface area contributed by atoms with Gasteiger partial charge in [0.25, 0.3) is 0 Å². The molecule has 1 unspecified atom stereocenters. The minimum atomic E-state index is -1.03. The van der Waals surface area contributed by atoms with Gasteiger partial charge in [0.1, 0.15) is 11.2 Å². The molecule has 3 heteroatoms. The summed E-state index contributed by atoms with van der Waals surface area (Å²) in [6.07, 6.45) is 1.54. The molecule has 98 valence electrons. The van der Waals surface area contributed by atoms with Crippen molar-refractivity contribution in [2.24, 2.45) is 11.3 Å². The van der Waals surface area contributed by atoms with E-state index < -0.39 is 11.4 Å². The first kappa shape index (κ1) is 15.9. The van der Waals surface area contributed by atoms with Crippen molar-refractivity contribution < 1.29 is 14.3 Å². The molecular weight excluding hydrogens is 216 g/mol. The largest absolute Gasteiger partial charge is 0.468 e. The molecular formula is C14H24O3. The Morgan fingerprint density at radius 1 is 1.35 bits per heavy atom. The molecule has 1 atom stereocenters. The molecule has 0 radical (unpaired) electrons. The zero-order valence-electron chi connectivity index (χ0n) is 11.6. The van der Waals surface area contributed by atoms with Crippen molar-refractivity contribution in [1.29, 1.82) is 0 Å². The number of hydrogen-bond donors (Lipinski definition) is 0. The van der Waals surface area contributed by atoms with Gasteiger partial charge in [0.05, 0.1) is 7.11 Å². The minimum Gasteiger partial charge on any atom is -0.468 e. The van der Waals surface area contributed by atoms with E-state index in [-0.39, 0.29) is 11.7 Å². The fourth-order valence-electron chi connectivity index (χ4n) is 1.64. The molecule has 0 saturated carbocycles. The third-order valence-corrected chi connectivity index (χ3v) is 2.90. The van der Waals surface area contributed by atoms with Crippen molar-refractivity contribution in [3.63, 3.8) is 0 Å². The maximum absolute atomic E-state index is 12.2. The summed E-state index contributed by atoms with van der Waals surface area (Å²) < 4.78 is 4.76. The smallest absolute Gasteiger partial charge is 0.319 e. The summed E-state index contributed by atoms with van der Waals surface area (Å²) in [6, 6.07) is 0. The number of carbonyl (C=O) groups excluding carboxylic acids is 2. The van der Waals surface area contributed by atoms with Crippen LogP contribution >= 0.6 is 0 Å². The monoisotopic (exact) mass is 240 g/mol. The summed E-state index contributed by atoms with van der Waals surface area (Å²) in [5, 5.41) is 0. The molecule has 0 aromatic rings. The normalized spacial score (nSPS) is 14.2. The second-order valence-corrected chi connectivity index (χ2v) is 5.30. The van der Waals surface area contributed by atoms with Crippen molar-refractivity contribution in [2.45, 2.75) is 47.0 Å². The molecule has 0 aliphatic heterocycles. The van der Waals surface area contributed by atoms with Gasteiger partial charge >= 0.3 is 5.97 Å². The number of Topliss-reactive ketones (excluding diaryl/α,β-unsaturated/α-hetero) is 1. The van der Waals surface area contributed by atoms with Crippen LogP contribution in [0.15, 0.2) is 12.2 Å². The molecule has 0 aromatic carbocycles. The third-order valence-electron chi connectivity index (χ3n) is 2.90. The average Bonchev–Trinajstić information content (AvgIpc) is 2.23. The lowest BCUT2D eigenvalue weighted by Crippen LogP contribution is -2.38. The summed E-state index contributed by atoms with van der Waals surface area (Å²) in [5.74, 6) is -0.235. The van der Waals surface area contributed by atoms with Crippen LogP contribution < -0.4 is 0 Å². The number of allylic oxidation sites excluding steroid dienone is 1. The fourth-order valence-corrected chi connectivity index (χ4v) is 1.64. The van der Waals surface area contributed by atoms with E-state index in [2.05, 4.69) is 6.58 Å². The molecule has 0 aliphatic carbocycles. The van der Waals surface area contributed by atoms with E-state index in [4.69, 9.17) is 4.74 Å². The molecule has 0 spiro atoms. The lowest BCUT2D eigenvalue weighted by atomic mass is 9.77. The maximum atomic E-state index is 12.2. The van der Waals surface area contributed by atoms with Gasteiger partial charge < -0.3 is 4.74 Å². The first-order chi connectivity index (χ1) is 7.74. The third kappa shape index (κ3) is 4.72. The quantitative estimate of drug-likeness (QED) is 0.390. The summed E-state index contributed by atoms with van der Waals surface area (Å²) in [7, 11) is 1.32. The van der Waals surface area contributed by atoms with Gasteiger partial charge in [0.2, 0.25) is 0 Å². The molecule has 0 rings (SSSR count). The van der Waals surface area contributed by atoms with Crippen molar-refractivity contribution >= 4 is 11.8 Å². The van der Waals surface area contributed by atoms with E-state index in [0.717, 1.165) is 5.57 Å². The molecule has 0 heterocycles. The molecule has 0 N–H and O–H groups in total. The number of hydrogen-bond acceptors (Lipinski definition) is 3. The van der Waals surface area contributed by atoms with Gasteiger partial charge in [-0.3, -0.25) is 9.59 Å². The predicted molar refractivity (Wildman–Crippen MR) is 68.6 cm³/mol. The molecule has 0 bridgehead atoms. The molecule has 0 fully saturated rings. The number of ether oxygens (including phenoxy) is 1. The Morgan fingerprint density at radius 2 is 1.88 bits per heavy atom. The Morgan fingerprint density at radius 3 is 2.24 bits per heavy atom. The first-order valence-corrected chi connectivity index (χ1v) is 6.00. The van der Waals surface area contributed by atoms with Gasteiger partial charge in [0.15, 0.2) is 0 Å². The molecule has 17 heavy (non-hydrogen) atoms. The fraction of sp³-hybridized carbons (Fsp3) is 0.714.